The van der Waals surface area contributed by atoms with E-state index in [4.69, 9.17) is 10.2 Å². The summed E-state index contributed by atoms with van der Waals surface area (Å²) in [5, 5.41) is 17.3. The normalized spacial score (nSPS) is 11.4. The number of aliphatic hydroxyl groups is 2. The van der Waals surface area contributed by atoms with Crippen molar-refractivity contribution in [2.24, 2.45) is 0 Å². The van der Waals surface area contributed by atoms with Crippen LogP contribution in [0.1, 0.15) is 6.92 Å². The predicted molar refractivity (Wildman–Crippen MR) is 54.7 cm³/mol. The highest BCUT2D eigenvalue weighted by atomic mass is 16.3. The molecule has 0 aliphatic heterocycles. The molecule has 0 unspecified atom stereocenters. The number of amides is 1. The molecule has 4 nitrogen and oxygen atoms in total. The van der Waals surface area contributed by atoms with Gasteiger partial charge in [-0.1, -0.05) is 18.2 Å². The van der Waals surface area contributed by atoms with Gasteiger partial charge in [0.15, 0.2) is 0 Å². The van der Waals surface area contributed by atoms with Crippen molar-refractivity contribution in [3.8, 4) is 0 Å². The van der Waals surface area contributed by atoms with E-state index in [0.717, 1.165) is 0 Å². The minimum atomic E-state index is -0.203. The number of nitrogens with zero attached hydrogens (tertiary/aromatic N) is 1. The molecule has 0 spiro atoms. The molecule has 0 aromatic carbocycles. The Morgan fingerprint density at radius 1 is 1.21 bits per heavy atom. The van der Waals surface area contributed by atoms with Gasteiger partial charge in [0.25, 0.3) is 0 Å². The lowest BCUT2D eigenvalue weighted by Crippen LogP contribution is -2.34. The van der Waals surface area contributed by atoms with E-state index in [1.165, 1.54) is 11.0 Å². The van der Waals surface area contributed by atoms with Gasteiger partial charge in [-0.2, -0.15) is 0 Å². The predicted octanol–water partition coefficient (Wildman–Crippen LogP) is -0.0681. The Morgan fingerprint density at radius 3 is 2.21 bits per heavy atom. The second-order valence-corrected chi connectivity index (χ2v) is 2.66. The molecule has 4 heteroatoms. The van der Waals surface area contributed by atoms with Crippen molar-refractivity contribution in [3.05, 3.63) is 24.3 Å². The Hall–Kier alpha value is -1.13. The SMILES string of the molecule is C/C=C/C=C/C(=O)N(CCO)CCO. The van der Waals surface area contributed by atoms with Crippen LogP contribution in [0.25, 0.3) is 0 Å². The zero-order valence-corrected chi connectivity index (χ0v) is 8.39. The molecule has 0 saturated heterocycles. The first-order chi connectivity index (χ1) is 6.76. The van der Waals surface area contributed by atoms with E-state index in [0.29, 0.717) is 0 Å². The van der Waals surface area contributed by atoms with Crippen LogP contribution >= 0.6 is 0 Å². The van der Waals surface area contributed by atoms with Crippen LogP contribution in [0.4, 0.5) is 0 Å². The van der Waals surface area contributed by atoms with Gasteiger partial charge in [0.1, 0.15) is 0 Å². The Labute approximate surface area is 84.2 Å². The fraction of sp³-hybridized carbons (Fsp3) is 0.500. The van der Waals surface area contributed by atoms with Crippen LogP contribution < -0.4 is 0 Å². The fourth-order valence-electron chi connectivity index (χ4n) is 0.928. The molecule has 0 atom stereocenters. The molecule has 0 aliphatic rings. The zero-order chi connectivity index (χ0) is 10.8. The molecule has 0 aromatic heterocycles. The van der Waals surface area contributed by atoms with Crippen molar-refractivity contribution in [1.82, 2.24) is 4.90 Å². The second-order valence-electron chi connectivity index (χ2n) is 2.66. The van der Waals surface area contributed by atoms with E-state index >= 15 is 0 Å². The highest BCUT2D eigenvalue weighted by molar-refractivity contribution is 5.87. The largest absolute Gasteiger partial charge is 0.395 e. The maximum absolute atomic E-state index is 11.4. The topological polar surface area (TPSA) is 60.8 Å². The second kappa shape index (κ2) is 8.47. The number of hydrogen-bond acceptors (Lipinski definition) is 3. The molecule has 0 aromatic rings. The quantitative estimate of drug-likeness (QED) is 0.465. The zero-order valence-electron chi connectivity index (χ0n) is 8.39. The minimum Gasteiger partial charge on any atom is -0.395 e. The van der Waals surface area contributed by atoms with Gasteiger partial charge in [0.2, 0.25) is 5.91 Å². The molecule has 0 aliphatic carbocycles. The van der Waals surface area contributed by atoms with Crippen molar-refractivity contribution < 1.29 is 15.0 Å². The molecule has 0 rings (SSSR count). The standard InChI is InChI=1S/C10H17NO3/c1-2-3-4-5-10(14)11(6-8-12)7-9-13/h2-5,12-13H,6-9H2,1H3/b3-2+,5-4+. The van der Waals surface area contributed by atoms with Crippen molar-refractivity contribution >= 4 is 5.91 Å². The maximum atomic E-state index is 11.4. The molecule has 0 fully saturated rings. The van der Waals surface area contributed by atoms with Crippen LogP contribution in [0, 0.1) is 0 Å². The van der Waals surface area contributed by atoms with Crippen LogP contribution in [0.5, 0.6) is 0 Å². The van der Waals surface area contributed by atoms with E-state index in [-0.39, 0.29) is 32.2 Å². The maximum Gasteiger partial charge on any atom is 0.246 e. The Morgan fingerprint density at radius 2 is 1.79 bits per heavy atom. The third-order valence-corrected chi connectivity index (χ3v) is 1.59. The Bertz CT molecular complexity index is 205. The van der Waals surface area contributed by atoms with Gasteiger partial charge >= 0.3 is 0 Å². The highest BCUT2D eigenvalue weighted by Crippen LogP contribution is 1.91. The fourth-order valence-corrected chi connectivity index (χ4v) is 0.928. The Balaban J connectivity index is 4.13. The summed E-state index contributed by atoms with van der Waals surface area (Å²) in [7, 11) is 0. The van der Waals surface area contributed by atoms with Gasteiger partial charge < -0.3 is 15.1 Å². The van der Waals surface area contributed by atoms with Gasteiger partial charge in [0.05, 0.1) is 13.2 Å². The van der Waals surface area contributed by atoms with Gasteiger partial charge in [-0.05, 0) is 6.92 Å². The molecule has 14 heavy (non-hydrogen) atoms. The van der Waals surface area contributed by atoms with E-state index in [1.54, 1.807) is 12.2 Å². The first-order valence-electron chi connectivity index (χ1n) is 4.56. The van der Waals surface area contributed by atoms with E-state index in [9.17, 15) is 4.79 Å². The number of allylic oxidation sites excluding steroid dienone is 3. The summed E-state index contributed by atoms with van der Waals surface area (Å²) in [6.45, 7) is 2.17. The number of carbonyl (C=O) groups excluding carboxylic acids is 1. The average Bonchev–Trinajstić information content (AvgIpc) is 2.18. The third-order valence-electron chi connectivity index (χ3n) is 1.59. The molecule has 0 bridgehead atoms. The number of hydrogen-bond donors (Lipinski definition) is 2. The van der Waals surface area contributed by atoms with Gasteiger partial charge in [0, 0.05) is 19.2 Å². The summed E-state index contributed by atoms with van der Waals surface area (Å²) in [5.41, 5.74) is 0. The molecule has 0 radical (unpaired) electrons. The van der Waals surface area contributed by atoms with E-state index < -0.39 is 0 Å². The molecule has 2 N–H and O–H groups in total. The molecule has 0 saturated carbocycles. The molecular weight excluding hydrogens is 182 g/mol. The first kappa shape index (κ1) is 12.9. The summed E-state index contributed by atoms with van der Waals surface area (Å²) < 4.78 is 0. The van der Waals surface area contributed by atoms with Crippen molar-refractivity contribution in [3.63, 3.8) is 0 Å². The number of rotatable bonds is 6. The smallest absolute Gasteiger partial charge is 0.246 e. The monoisotopic (exact) mass is 199 g/mol. The summed E-state index contributed by atoms with van der Waals surface area (Å²) in [5.74, 6) is -0.203. The van der Waals surface area contributed by atoms with Crippen LogP contribution in [-0.2, 0) is 4.79 Å². The van der Waals surface area contributed by atoms with Gasteiger partial charge in [-0.3, -0.25) is 4.79 Å². The molecule has 1 amide bonds. The third kappa shape index (κ3) is 5.50. The van der Waals surface area contributed by atoms with Crippen LogP contribution in [0.2, 0.25) is 0 Å². The van der Waals surface area contributed by atoms with E-state index in [2.05, 4.69) is 0 Å². The average molecular weight is 199 g/mol. The molecule has 80 valence electrons. The Kier molecular flexibility index (Phi) is 7.78. The van der Waals surface area contributed by atoms with Crippen LogP contribution in [0.3, 0.4) is 0 Å². The van der Waals surface area contributed by atoms with Crippen LogP contribution in [-0.4, -0.2) is 47.3 Å². The minimum absolute atomic E-state index is 0.0941. The number of aliphatic hydroxyl groups excluding tert-OH is 2. The first-order valence-corrected chi connectivity index (χ1v) is 4.56. The lowest BCUT2D eigenvalue weighted by Gasteiger charge is -2.18. The van der Waals surface area contributed by atoms with Crippen molar-refractivity contribution in [2.45, 2.75) is 6.92 Å². The highest BCUT2D eigenvalue weighted by Gasteiger charge is 2.07. The summed E-state index contributed by atoms with van der Waals surface area (Å²) in [6, 6.07) is 0. The van der Waals surface area contributed by atoms with Crippen LogP contribution in [0.15, 0.2) is 24.3 Å². The van der Waals surface area contributed by atoms with Gasteiger partial charge in [-0.25, -0.2) is 0 Å². The molecular formula is C10H17NO3. The van der Waals surface area contributed by atoms with Gasteiger partial charge in [-0.15, -0.1) is 0 Å². The summed E-state index contributed by atoms with van der Waals surface area (Å²) in [6.07, 6.45) is 6.59. The lowest BCUT2D eigenvalue weighted by atomic mass is 10.4. The van der Waals surface area contributed by atoms with Crippen molar-refractivity contribution in [2.75, 3.05) is 26.3 Å². The van der Waals surface area contributed by atoms with Crippen molar-refractivity contribution in [1.29, 1.82) is 0 Å². The summed E-state index contributed by atoms with van der Waals surface area (Å²) >= 11 is 0. The lowest BCUT2D eigenvalue weighted by molar-refractivity contribution is -0.127. The molecule has 0 heterocycles. The summed E-state index contributed by atoms with van der Waals surface area (Å²) in [4.78, 5) is 12.8. The number of carbonyl (C=O) groups is 1. The van der Waals surface area contributed by atoms with E-state index in [1.807, 2.05) is 13.0 Å².